The maximum absolute atomic E-state index is 10.9. The predicted molar refractivity (Wildman–Crippen MR) is 93.9 cm³/mol. The van der Waals surface area contributed by atoms with E-state index in [1.54, 1.807) is 0 Å². The van der Waals surface area contributed by atoms with Crippen molar-refractivity contribution in [3.05, 3.63) is 11.6 Å². The Morgan fingerprint density at radius 3 is 2.80 bits per heavy atom. The molecule has 2 saturated heterocycles. The molecule has 0 aliphatic carbocycles. The molecule has 0 aromatic carbocycles. The highest BCUT2D eigenvalue weighted by atomic mass is 16.5. The molecule has 8 nitrogen and oxygen atoms in total. The standard InChI is InChI=1S/C17H30N6O2/c1-21-16(13-23-8-10-25-11-9-23)19-20-17(21)14-4-2-6-22(12-14)7-3-5-15(18)24/h14H,2-13H2,1H3,(H2,18,24). The van der Waals surface area contributed by atoms with Crippen LogP contribution in [0.15, 0.2) is 0 Å². The van der Waals surface area contributed by atoms with Crippen molar-refractivity contribution < 1.29 is 9.53 Å². The van der Waals surface area contributed by atoms with Gasteiger partial charge in [0.05, 0.1) is 19.8 Å². The minimum Gasteiger partial charge on any atom is -0.379 e. The fourth-order valence-corrected chi connectivity index (χ4v) is 3.77. The van der Waals surface area contributed by atoms with Gasteiger partial charge >= 0.3 is 0 Å². The molecule has 2 fully saturated rings. The summed E-state index contributed by atoms with van der Waals surface area (Å²) in [6.07, 6.45) is 3.61. The third-order valence-corrected chi connectivity index (χ3v) is 5.24. The number of nitrogens with zero attached hydrogens (tertiary/aromatic N) is 5. The van der Waals surface area contributed by atoms with Crippen LogP contribution in [0, 0.1) is 0 Å². The lowest BCUT2D eigenvalue weighted by atomic mass is 9.97. The van der Waals surface area contributed by atoms with Gasteiger partial charge in [-0.05, 0) is 32.4 Å². The number of ether oxygens (including phenoxy) is 1. The second-order valence-electron chi connectivity index (χ2n) is 7.13. The molecule has 2 aliphatic rings. The van der Waals surface area contributed by atoms with Crippen LogP contribution in [0.1, 0.15) is 43.3 Å². The van der Waals surface area contributed by atoms with Crippen LogP contribution in [0.25, 0.3) is 0 Å². The van der Waals surface area contributed by atoms with Crippen molar-refractivity contribution in [3.63, 3.8) is 0 Å². The van der Waals surface area contributed by atoms with Gasteiger partial charge in [0, 0.05) is 39.0 Å². The molecule has 0 bridgehead atoms. The summed E-state index contributed by atoms with van der Waals surface area (Å²) in [5, 5.41) is 8.95. The molecule has 25 heavy (non-hydrogen) atoms. The van der Waals surface area contributed by atoms with Gasteiger partial charge in [-0.25, -0.2) is 0 Å². The number of nitrogens with two attached hydrogens (primary N) is 1. The van der Waals surface area contributed by atoms with Crippen molar-refractivity contribution in [3.8, 4) is 0 Å². The first-order chi connectivity index (χ1) is 12.1. The summed E-state index contributed by atoms with van der Waals surface area (Å²) in [4.78, 5) is 15.7. The quantitative estimate of drug-likeness (QED) is 0.750. The summed E-state index contributed by atoms with van der Waals surface area (Å²) < 4.78 is 7.58. The van der Waals surface area contributed by atoms with Crippen LogP contribution < -0.4 is 5.73 Å². The lowest BCUT2D eigenvalue weighted by molar-refractivity contribution is -0.118. The number of hydrogen-bond donors (Lipinski definition) is 1. The van der Waals surface area contributed by atoms with E-state index in [4.69, 9.17) is 10.5 Å². The Morgan fingerprint density at radius 2 is 2.04 bits per heavy atom. The van der Waals surface area contributed by atoms with Gasteiger partial charge < -0.3 is 19.9 Å². The second kappa shape index (κ2) is 8.73. The van der Waals surface area contributed by atoms with E-state index < -0.39 is 0 Å². The van der Waals surface area contributed by atoms with Crippen LogP contribution in [0.4, 0.5) is 0 Å². The SMILES string of the molecule is Cn1c(CN2CCOCC2)nnc1C1CCCN(CCCC(N)=O)C1. The number of piperidine rings is 1. The molecular weight excluding hydrogens is 320 g/mol. The van der Waals surface area contributed by atoms with Gasteiger partial charge in [0.15, 0.2) is 0 Å². The molecule has 1 aromatic heterocycles. The first-order valence-electron chi connectivity index (χ1n) is 9.32. The first kappa shape index (κ1) is 18.3. The van der Waals surface area contributed by atoms with Crippen molar-refractivity contribution >= 4 is 5.91 Å². The molecule has 1 amide bonds. The van der Waals surface area contributed by atoms with E-state index in [1.807, 2.05) is 0 Å². The van der Waals surface area contributed by atoms with E-state index in [-0.39, 0.29) is 5.91 Å². The molecule has 3 heterocycles. The van der Waals surface area contributed by atoms with Crippen LogP contribution in [0.2, 0.25) is 0 Å². The summed E-state index contributed by atoms with van der Waals surface area (Å²) in [5.41, 5.74) is 5.23. The Balaban J connectivity index is 1.56. The van der Waals surface area contributed by atoms with Crippen LogP contribution in [0.3, 0.4) is 0 Å². The molecule has 3 rings (SSSR count). The van der Waals surface area contributed by atoms with E-state index >= 15 is 0 Å². The predicted octanol–water partition coefficient (Wildman–Crippen LogP) is 0.0922. The molecular formula is C17H30N6O2. The zero-order chi connectivity index (χ0) is 17.6. The zero-order valence-electron chi connectivity index (χ0n) is 15.2. The van der Waals surface area contributed by atoms with E-state index in [1.165, 1.54) is 0 Å². The molecule has 1 unspecified atom stereocenters. The number of carbonyl (C=O) groups is 1. The van der Waals surface area contributed by atoms with E-state index in [9.17, 15) is 4.79 Å². The van der Waals surface area contributed by atoms with Crippen LogP contribution in [-0.2, 0) is 23.1 Å². The maximum atomic E-state index is 10.9. The van der Waals surface area contributed by atoms with E-state index in [2.05, 4.69) is 31.6 Å². The van der Waals surface area contributed by atoms with Gasteiger partial charge in [0.25, 0.3) is 0 Å². The Hall–Kier alpha value is -1.51. The van der Waals surface area contributed by atoms with E-state index in [0.29, 0.717) is 12.3 Å². The summed E-state index contributed by atoms with van der Waals surface area (Å²) in [6.45, 7) is 7.36. The molecule has 140 valence electrons. The van der Waals surface area contributed by atoms with Crippen molar-refractivity contribution in [1.82, 2.24) is 24.6 Å². The molecule has 2 N–H and O–H groups in total. The fourth-order valence-electron chi connectivity index (χ4n) is 3.77. The Kier molecular flexibility index (Phi) is 6.39. The highest BCUT2D eigenvalue weighted by molar-refractivity contribution is 5.73. The number of rotatable bonds is 7. The Bertz CT molecular complexity index is 569. The molecule has 2 aliphatic heterocycles. The highest BCUT2D eigenvalue weighted by Gasteiger charge is 2.26. The largest absolute Gasteiger partial charge is 0.379 e. The molecule has 0 saturated carbocycles. The van der Waals surface area contributed by atoms with Crippen molar-refractivity contribution in [2.75, 3.05) is 45.9 Å². The second-order valence-corrected chi connectivity index (χ2v) is 7.13. The monoisotopic (exact) mass is 350 g/mol. The van der Waals surface area contributed by atoms with E-state index in [0.717, 1.165) is 83.4 Å². The number of hydrogen-bond acceptors (Lipinski definition) is 6. The molecule has 1 aromatic rings. The third kappa shape index (κ3) is 4.99. The number of amides is 1. The Morgan fingerprint density at radius 1 is 1.24 bits per heavy atom. The molecule has 8 heteroatoms. The highest BCUT2D eigenvalue weighted by Crippen LogP contribution is 2.26. The summed E-state index contributed by atoms with van der Waals surface area (Å²) in [7, 11) is 2.08. The first-order valence-corrected chi connectivity index (χ1v) is 9.32. The van der Waals surface area contributed by atoms with Gasteiger partial charge in [0.2, 0.25) is 5.91 Å². The van der Waals surface area contributed by atoms with Gasteiger partial charge in [-0.1, -0.05) is 0 Å². The Labute approximate surface area is 149 Å². The van der Waals surface area contributed by atoms with Gasteiger partial charge in [-0.15, -0.1) is 10.2 Å². The average Bonchev–Trinajstić information content (AvgIpc) is 2.96. The average molecular weight is 350 g/mol. The van der Waals surface area contributed by atoms with Gasteiger partial charge in [-0.3, -0.25) is 9.69 Å². The van der Waals surface area contributed by atoms with Crippen molar-refractivity contribution in [2.24, 2.45) is 12.8 Å². The maximum Gasteiger partial charge on any atom is 0.217 e. The smallest absolute Gasteiger partial charge is 0.217 e. The number of aromatic nitrogens is 3. The third-order valence-electron chi connectivity index (χ3n) is 5.24. The van der Waals surface area contributed by atoms with Crippen LogP contribution in [-0.4, -0.2) is 76.4 Å². The van der Waals surface area contributed by atoms with Crippen LogP contribution >= 0.6 is 0 Å². The summed E-state index contributed by atoms with van der Waals surface area (Å²) in [6, 6.07) is 0. The topological polar surface area (TPSA) is 89.5 Å². The number of likely N-dealkylation sites (tertiary alicyclic amines) is 1. The fraction of sp³-hybridized carbons (Fsp3) is 0.824. The van der Waals surface area contributed by atoms with Crippen molar-refractivity contribution in [2.45, 2.75) is 38.1 Å². The summed E-state index contributed by atoms with van der Waals surface area (Å²) in [5.74, 6) is 2.32. The number of morpholine rings is 1. The van der Waals surface area contributed by atoms with Crippen LogP contribution in [0.5, 0.6) is 0 Å². The zero-order valence-corrected chi connectivity index (χ0v) is 15.2. The van der Waals surface area contributed by atoms with Crippen molar-refractivity contribution in [1.29, 1.82) is 0 Å². The normalized spacial score (nSPS) is 23.0. The number of carbonyl (C=O) groups excluding carboxylic acids is 1. The molecule has 1 atom stereocenters. The minimum absolute atomic E-state index is 0.213. The molecule has 0 spiro atoms. The summed E-state index contributed by atoms with van der Waals surface area (Å²) >= 11 is 0. The number of primary amides is 1. The molecule has 0 radical (unpaired) electrons. The van der Waals surface area contributed by atoms with Gasteiger partial charge in [-0.2, -0.15) is 0 Å². The lowest BCUT2D eigenvalue weighted by Crippen LogP contribution is -2.37. The lowest BCUT2D eigenvalue weighted by Gasteiger charge is -2.32. The van der Waals surface area contributed by atoms with Gasteiger partial charge in [0.1, 0.15) is 11.6 Å². The minimum atomic E-state index is -0.213.